The number of ether oxygens (including phenoxy) is 1. The number of sulfonamides is 1. The van der Waals surface area contributed by atoms with Crippen LogP contribution in [0.15, 0.2) is 17.2 Å². The predicted octanol–water partition coefficient (Wildman–Crippen LogP) is 2.85. The molecule has 1 heterocycles. The van der Waals surface area contributed by atoms with Crippen LogP contribution in [-0.4, -0.2) is 43.6 Å². The number of halogens is 1. The van der Waals surface area contributed by atoms with E-state index in [9.17, 15) is 8.42 Å². The van der Waals surface area contributed by atoms with Crippen LogP contribution >= 0.6 is 11.6 Å². The Bertz CT molecular complexity index is 540. The number of hydrogen-bond donors (Lipinski definition) is 0. The van der Waals surface area contributed by atoms with E-state index in [-0.39, 0.29) is 6.04 Å². The molecule has 7 heteroatoms. The van der Waals surface area contributed by atoms with Gasteiger partial charge in [-0.15, -0.1) is 11.6 Å². The highest BCUT2D eigenvalue weighted by Gasteiger charge is 2.25. The molecule has 0 aliphatic carbocycles. The molecule has 0 fully saturated rings. The van der Waals surface area contributed by atoms with Crippen molar-refractivity contribution < 1.29 is 13.2 Å². The average molecular weight is 337 g/mol. The summed E-state index contributed by atoms with van der Waals surface area (Å²) in [7, 11) is -3.50. The van der Waals surface area contributed by atoms with Crippen LogP contribution in [0, 0.1) is 0 Å². The van der Waals surface area contributed by atoms with Crippen molar-refractivity contribution in [1.29, 1.82) is 0 Å². The molecule has 122 valence electrons. The molecule has 5 nitrogen and oxygen atoms in total. The Morgan fingerprint density at radius 2 is 2.05 bits per heavy atom. The lowest BCUT2D eigenvalue weighted by Crippen LogP contribution is -2.33. The van der Waals surface area contributed by atoms with Crippen molar-refractivity contribution in [3.8, 4) is 0 Å². The molecule has 0 aliphatic heterocycles. The molecule has 0 unspecified atom stereocenters. The van der Waals surface area contributed by atoms with Crippen molar-refractivity contribution in [3.05, 3.63) is 18.0 Å². The van der Waals surface area contributed by atoms with E-state index in [0.717, 1.165) is 5.69 Å². The molecule has 1 aromatic rings. The third-order valence-corrected chi connectivity index (χ3v) is 5.49. The minimum Gasteiger partial charge on any atom is -0.380 e. The standard InChI is InChI=1S/C14H25ClN2O3S/c1-5-16(7-8-20-6-2)21(18,19)14-9-13(10-15)17(11-14)12(3)4/h9,11-12H,5-8,10H2,1-4H3. The van der Waals surface area contributed by atoms with Crippen LogP contribution in [0.5, 0.6) is 0 Å². The first kappa shape index (κ1) is 18.5. The molecule has 0 saturated heterocycles. The number of nitrogens with zero attached hydrogens (tertiary/aromatic N) is 2. The van der Waals surface area contributed by atoms with Crippen molar-refractivity contribution in [3.63, 3.8) is 0 Å². The van der Waals surface area contributed by atoms with Gasteiger partial charge in [-0.3, -0.25) is 0 Å². The zero-order valence-electron chi connectivity index (χ0n) is 13.2. The van der Waals surface area contributed by atoms with Gasteiger partial charge in [0.05, 0.1) is 12.5 Å². The number of aromatic nitrogens is 1. The van der Waals surface area contributed by atoms with E-state index in [4.69, 9.17) is 16.3 Å². The number of alkyl halides is 1. The maximum atomic E-state index is 12.7. The van der Waals surface area contributed by atoms with Gasteiger partial charge in [0.1, 0.15) is 4.90 Å². The lowest BCUT2D eigenvalue weighted by atomic mass is 10.4. The van der Waals surface area contributed by atoms with Gasteiger partial charge in [0.25, 0.3) is 0 Å². The maximum absolute atomic E-state index is 12.7. The van der Waals surface area contributed by atoms with E-state index < -0.39 is 10.0 Å². The van der Waals surface area contributed by atoms with E-state index in [1.807, 2.05) is 32.3 Å². The molecule has 0 atom stereocenters. The molecule has 21 heavy (non-hydrogen) atoms. The monoisotopic (exact) mass is 336 g/mol. The van der Waals surface area contributed by atoms with Crippen LogP contribution in [-0.2, 0) is 20.6 Å². The first-order valence-corrected chi connectivity index (χ1v) is 9.20. The minimum absolute atomic E-state index is 0.168. The molecule has 0 radical (unpaired) electrons. The number of hydrogen-bond acceptors (Lipinski definition) is 3. The Morgan fingerprint density at radius 1 is 1.38 bits per heavy atom. The van der Waals surface area contributed by atoms with Gasteiger partial charge in [-0.1, -0.05) is 6.92 Å². The zero-order valence-corrected chi connectivity index (χ0v) is 14.7. The molecule has 0 spiro atoms. The van der Waals surface area contributed by atoms with Gasteiger partial charge in [-0.05, 0) is 26.8 Å². The summed E-state index contributed by atoms with van der Waals surface area (Å²) in [6, 6.07) is 1.83. The summed E-state index contributed by atoms with van der Waals surface area (Å²) in [5.74, 6) is 0.290. The van der Waals surface area contributed by atoms with Gasteiger partial charge in [-0.2, -0.15) is 4.31 Å². The fourth-order valence-electron chi connectivity index (χ4n) is 2.13. The molecule has 0 N–H and O–H groups in total. The maximum Gasteiger partial charge on any atom is 0.244 e. The summed E-state index contributed by atoms with van der Waals surface area (Å²) in [5.41, 5.74) is 0.811. The molecular formula is C14H25ClN2O3S. The third kappa shape index (κ3) is 4.45. The quantitative estimate of drug-likeness (QED) is 0.514. The van der Waals surface area contributed by atoms with E-state index in [2.05, 4.69) is 0 Å². The summed E-state index contributed by atoms with van der Waals surface area (Å²) in [5, 5.41) is 0. The zero-order chi connectivity index (χ0) is 16.0. The lowest BCUT2D eigenvalue weighted by Gasteiger charge is -2.19. The van der Waals surface area contributed by atoms with E-state index in [1.54, 1.807) is 12.3 Å². The minimum atomic E-state index is -3.50. The largest absolute Gasteiger partial charge is 0.380 e. The van der Waals surface area contributed by atoms with Gasteiger partial charge < -0.3 is 9.30 Å². The second kappa shape index (κ2) is 8.17. The lowest BCUT2D eigenvalue weighted by molar-refractivity contribution is 0.135. The fourth-order valence-corrected chi connectivity index (χ4v) is 3.83. The van der Waals surface area contributed by atoms with E-state index in [1.165, 1.54) is 4.31 Å². The Morgan fingerprint density at radius 3 is 2.48 bits per heavy atom. The van der Waals surface area contributed by atoms with Crippen LogP contribution in [0.1, 0.15) is 39.4 Å². The van der Waals surface area contributed by atoms with Crippen LogP contribution in [0.4, 0.5) is 0 Å². The SMILES string of the molecule is CCOCCN(CC)S(=O)(=O)c1cc(CCl)n(C(C)C)c1. The van der Waals surface area contributed by atoms with Gasteiger partial charge in [0.2, 0.25) is 10.0 Å². The highest BCUT2D eigenvalue weighted by atomic mass is 35.5. The molecule has 0 aromatic carbocycles. The Balaban J connectivity index is 3.05. The van der Waals surface area contributed by atoms with Crippen molar-refractivity contribution in [1.82, 2.24) is 8.87 Å². The molecular weight excluding hydrogens is 312 g/mol. The number of likely N-dealkylation sites (N-methyl/N-ethyl adjacent to an activating group) is 1. The summed E-state index contributed by atoms with van der Waals surface area (Å²) >= 11 is 5.91. The summed E-state index contributed by atoms with van der Waals surface area (Å²) < 4.78 is 33.9. The highest BCUT2D eigenvalue weighted by molar-refractivity contribution is 7.89. The van der Waals surface area contributed by atoms with Crippen molar-refractivity contribution in [2.45, 2.75) is 44.5 Å². The van der Waals surface area contributed by atoms with Gasteiger partial charge in [0.15, 0.2) is 0 Å². The molecule has 0 bridgehead atoms. The van der Waals surface area contributed by atoms with Crippen molar-refractivity contribution in [2.24, 2.45) is 0 Å². The second-order valence-corrected chi connectivity index (χ2v) is 7.20. The first-order valence-electron chi connectivity index (χ1n) is 7.23. The second-order valence-electron chi connectivity index (χ2n) is 5.00. The molecule has 0 aliphatic rings. The number of rotatable bonds is 9. The highest BCUT2D eigenvalue weighted by Crippen LogP contribution is 2.23. The molecule has 1 aromatic heterocycles. The molecule has 1 rings (SSSR count). The van der Waals surface area contributed by atoms with Crippen molar-refractivity contribution in [2.75, 3.05) is 26.3 Å². The Kier molecular flexibility index (Phi) is 7.20. The van der Waals surface area contributed by atoms with Crippen molar-refractivity contribution >= 4 is 21.6 Å². The summed E-state index contributed by atoms with van der Waals surface area (Å²) in [6.07, 6.45) is 1.67. The van der Waals surface area contributed by atoms with E-state index in [0.29, 0.717) is 37.1 Å². The first-order chi connectivity index (χ1) is 9.88. The molecule has 0 amide bonds. The van der Waals surface area contributed by atoms with Crippen LogP contribution < -0.4 is 0 Å². The smallest absolute Gasteiger partial charge is 0.244 e. The topological polar surface area (TPSA) is 51.5 Å². The van der Waals surface area contributed by atoms with Gasteiger partial charge >= 0.3 is 0 Å². The van der Waals surface area contributed by atoms with Crippen LogP contribution in [0.25, 0.3) is 0 Å². The summed E-state index contributed by atoms with van der Waals surface area (Å²) in [6.45, 7) is 9.46. The predicted molar refractivity (Wildman–Crippen MR) is 85.3 cm³/mol. The molecule has 0 saturated carbocycles. The Hall–Kier alpha value is -0.560. The fraction of sp³-hybridized carbons (Fsp3) is 0.714. The van der Waals surface area contributed by atoms with E-state index >= 15 is 0 Å². The van der Waals surface area contributed by atoms with Crippen LogP contribution in [0.3, 0.4) is 0 Å². The van der Waals surface area contributed by atoms with Gasteiger partial charge in [-0.25, -0.2) is 8.42 Å². The van der Waals surface area contributed by atoms with Gasteiger partial charge in [0, 0.05) is 37.6 Å². The average Bonchev–Trinajstić information content (AvgIpc) is 2.88. The normalized spacial score (nSPS) is 12.5. The summed E-state index contributed by atoms with van der Waals surface area (Å²) in [4.78, 5) is 0.296. The van der Waals surface area contributed by atoms with Crippen LogP contribution in [0.2, 0.25) is 0 Å². The Labute approximate surface area is 132 Å². The third-order valence-electron chi connectivity index (χ3n) is 3.28.